The standard InChI is InChI=1S/C14H17F2NO2/c1-9-3-2-7-17(8-6-9)11-5-4-10(14(18)19)12(15)13(11)16/h4-5,9H,2-3,6-8H2,1H3,(H,18,19). The zero-order chi connectivity index (χ0) is 14.0. The molecule has 1 aliphatic rings. The molecule has 3 nitrogen and oxygen atoms in total. The molecular formula is C14H17F2NO2. The molecule has 0 amide bonds. The molecule has 1 heterocycles. The van der Waals surface area contributed by atoms with E-state index in [1.807, 2.05) is 0 Å². The van der Waals surface area contributed by atoms with Gasteiger partial charge in [-0.15, -0.1) is 0 Å². The van der Waals surface area contributed by atoms with Gasteiger partial charge in [0.2, 0.25) is 0 Å². The molecule has 1 fully saturated rings. The summed E-state index contributed by atoms with van der Waals surface area (Å²) in [5, 5.41) is 8.75. The molecule has 0 saturated carbocycles. The van der Waals surface area contributed by atoms with E-state index in [1.54, 1.807) is 4.90 Å². The third-order valence-corrected chi connectivity index (χ3v) is 3.65. The lowest BCUT2D eigenvalue weighted by Crippen LogP contribution is -2.26. The van der Waals surface area contributed by atoms with E-state index >= 15 is 0 Å². The molecule has 1 aromatic rings. The fraction of sp³-hybridized carbons (Fsp3) is 0.500. The van der Waals surface area contributed by atoms with Gasteiger partial charge in [0, 0.05) is 13.1 Å². The van der Waals surface area contributed by atoms with Gasteiger partial charge in [0.25, 0.3) is 0 Å². The van der Waals surface area contributed by atoms with Crippen molar-refractivity contribution in [3.63, 3.8) is 0 Å². The largest absolute Gasteiger partial charge is 0.478 e. The van der Waals surface area contributed by atoms with E-state index in [0.717, 1.165) is 25.3 Å². The minimum Gasteiger partial charge on any atom is -0.478 e. The summed E-state index contributed by atoms with van der Waals surface area (Å²) in [6.45, 7) is 3.49. The molecule has 1 unspecified atom stereocenters. The van der Waals surface area contributed by atoms with Crippen molar-refractivity contribution in [2.45, 2.75) is 26.2 Å². The van der Waals surface area contributed by atoms with Crippen LogP contribution in [-0.4, -0.2) is 24.2 Å². The van der Waals surface area contributed by atoms with Crippen LogP contribution >= 0.6 is 0 Å². The first-order valence-corrected chi connectivity index (χ1v) is 6.47. The zero-order valence-electron chi connectivity index (χ0n) is 10.8. The molecule has 5 heteroatoms. The molecular weight excluding hydrogens is 252 g/mol. The molecule has 104 valence electrons. The highest BCUT2D eigenvalue weighted by Gasteiger charge is 2.22. The van der Waals surface area contributed by atoms with E-state index in [4.69, 9.17) is 5.11 Å². The fourth-order valence-electron chi connectivity index (χ4n) is 2.45. The van der Waals surface area contributed by atoms with Crippen LogP contribution in [0.2, 0.25) is 0 Å². The van der Waals surface area contributed by atoms with Gasteiger partial charge in [-0.1, -0.05) is 6.92 Å². The summed E-state index contributed by atoms with van der Waals surface area (Å²) in [5.74, 6) is -3.21. The van der Waals surface area contributed by atoms with Crippen molar-refractivity contribution in [1.82, 2.24) is 0 Å². The number of anilines is 1. The molecule has 1 aromatic carbocycles. The third-order valence-electron chi connectivity index (χ3n) is 3.65. The number of carbonyl (C=O) groups is 1. The van der Waals surface area contributed by atoms with Crippen LogP contribution in [0.15, 0.2) is 12.1 Å². The Labute approximate surface area is 110 Å². The summed E-state index contributed by atoms with van der Waals surface area (Å²) in [4.78, 5) is 12.5. The summed E-state index contributed by atoms with van der Waals surface area (Å²) in [6, 6.07) is 2.49. The van der Waals surface area contributed by atoms with Gasteiger partial charge < -0.3 is 10.0 Å². The number of hydrogen-bond donors (Lipinski definition) is 1. The van der Waals surface area contributed by atoms with Crippen LogP contribution in [0.3, 0.4) is 0 Å². The fourth-order valence-corrected chi connectivity index (χ4v) is 2.45. The normalized spacial score (nSPS) is 20.2. The summed E-state index contributed by atoms with van der Waals surface area (Å²) in [7, 11) is 0. The van der Waals surface area contributed by atoms with Gasteiger partial charge in [0.1, 0.15) is 0 Å². The first kappa shape index (κ1) is 13.8. The van der Waals surface area contributed by atoms with Gasteiger partial charge >= 0.3 is 5.97 Å². The SMILES string of the molecule is CC1CCCN(c2ccc(C(=O)O)c(F)c2F)CC1. The van der Waals surface area contributed by atoms with Gasteiger partial charge in [-0.3, -0.25) is 0 Å². The predicted molar refractivity (Wildman–Crippen MR) is 68.5 cm³/mol. The second-order valence-electron chi connectivity index (χ2n) is 5.09. The lowest BCUT2D eigenvalue weighted by atomic mass is 10.0. The number of nitrogens with zero attached hydrogens (tertiary/aromatic N) is 1. The van der Waals surface area contributed by atoms with E-state index in [1.165, 1.54) is 6.07 Å². The second kappa shape index (κ2) is 5.55. The highest BCUT2D eigenvalue weighted by Crippen LogP contribution is 2.27. The maximum atomic E-state index is 14.0. The molecule has 2 rings (SSSR count). The van der Waals surface area contributed by atoms with E-state index in [-0.39, 0.29) is 5.69 Å². The van der Waals surface area contributed by atoms with Crippen molar-refractivity contribution in [3.05, 3.63) is 29.3 Å². The van der Waals surface area contributed by atoms with Gasteiger partial charge in [0.15, 0.2) is 11.6 Å². The van der Waals surface area contributed by atoms with Gasteiger partial charge in [0.05, 0.1) is 11.3 Å². The first-order chi connectivity index (χ1) is 9.00. The first-order valence-electron chi connectivity index (χ1n) is 6.47. The average Bonchev–Trinajstić information content (AvgIpc) is 2.57. The smallest absolute Gasteiger partial charge is 0.338 e. The molecule has 0 aromatic heterocycles. The van der Waals surface area contributed by atoms with Crippen molar-refractivity contribution in [2.75, 3.05) is 18.0 Å². The van der Waals surface area contributed by atoms with Crippen molar-refractivity contribution >= 4 is 11.7 Å². The molecule has 1 saturated heterocycles. The zero-order valence-corrected chi connectivity index (χ0v) is 10.8. The number of aromatic carboxylic acids is 1. The van der Waals surface area contributed by atoms with Crippen molar-refractivity contribution in [1.29, 1.82) is 0 Å². The quantitative estimate of drug-likeness (QED) is 0.895. The molecule has 1 atom stereocenters. The Bertz CT molecular complexity index is 491. The average molecular weight is 269 g/mol. The highest BCUT2D eigenvalue weighted by atomic mass is 19.2. The lowest BCUT2D eigenvalue weighted by molar-refractivity contribution is 0.0690. The van der Waals surface area contributed by atoms with E-state index in [0.29, 0.717) is 19.0 Å². The topological polar surface area (TPSA) is 40.5 Å². The maximum absolute atomic E-state index is 14.0. The van der Waals surface area contributed by atoms with Crippen LogP contribution in [-0.2, 0) is 0 Å². The molecule has 1 aliphatic heterocycles. The number of hydrogen-bond acceptors (Lipinski definition) is 2. The number of carboxylic acids is 1. The minimum atomic E-state index is -1.45. The van der Waals surface area contributed by atoms with Crippen LogP contribution in [0, 0.1) is 17.6 Å². The third kappa shape index (κ3) is 2.85. The second-order valence-corrected chi connectivity index (χ2v) is 5.09. The van der Waals surface area contributed by atoms with Crippen LogP contribution in [0.25, 0.3) is 0 Å². The highest BCUT2D eigenvalue weighted by molar-refractivity contribution is 5.88. The summed E-state index contributed by atoms with van der Waals surface area (Å²) in [6.07, 6.45) is 2.94. The van der Waals surface area contributed by atoms with Crippen LogP contribution in [0.1, 0.15) is 36.5 Å². The lowest BCUT2D eigenvalue weighted by Gasteiger charge is -2.23. The summed E-state index contributed by atoms with van der Waals surface area (Å²) < 4.78 is 27.6. The number of rotatable bonds is 2. The van der Waals surface area contributed by atoms with Crippen LogP contribution < -0.4 is 4.90 Å². The summed E-state index contributed by atoms with van der Waals surface area (Å²) >= 11 is 0. The van der Waals surface area contributed by atoms with Crippen LogP contribution in [0.5, 0.6) is 0 Å². The van der Waals surface area contributed by atoms with Gasteiger partial charge in [-0.05, 0) is 37.3 Å². The van der Waals surface area contributed by atoms with Gasteiger partial charge in [-0.25, -0.2) is 13.6 Å². The number of carboxylic acid groups (broad SMARTS) is 1. The number of halogens is 2. The van der Waals surface area contributed by atoms with Gasteiger partial charge in [-0.2, -0.15) is 0 Å². The maximum Gasteiger partial charge on any atom is 0.338 e. The van der Waals surface area contributed by atoms with Crippen molar-refractivity contribution in [3.8, 4) is 0 Å². The Kier molecular flexibility index (Phi) is 4.02. The minimum absolute atomic E-state index is 0.164. The van der Waals surface area contributed by atoms with Crippen molar-refractivity contribution < 1.29 is 18.7 Å². The van der Waals surface area contributed by atoms with Crippen LogP contribution in [0.4, 0.5) is 14.5 Å². The molecule has 0 radical (unpaired) electrons. The van der Waals surface area contributed by atoms with E-state index < -0.39 is 23.2 Å². The Hall–Kier alpha value is -1.65. The Morgan fingerprint density at radius 3 is 2.68 bits per heavy atom. The Morgan fingerprint density at radius 2 is 2.00 bits per heavy atom. The van der Waals surface area contributed by atoms with E-state index in [2.05, 4.69) is 6.92 Å². The molecule has 0 spiro atoms. The number of benzene rings is 1. The molecule has 0 aliphatic carbocycles. The molecule has 1 N–H and O–H groups in total. The molecule has 19 heavy (non-hydrogen) atoms. The molecule has 0 bridgehead atoms. The van der Waals surface area contributed by atoms with Crippen molar-refractivity contribution in [2.24, 2.45) is 5.92 Å². The van der Waals surface area contributed by atoms with E-state index in [9.17, 15) is 13.6 Å². The summed E-state index contributed by atoms with van der Waals surface area (Å²) in [5.41, 5.74) is -0.457. The Balaban J connectivity index is 2.30. The Morgan fingerprint density at radius 1 is 1.26 bits per heavy atom. The predicted octanol–water partition coefficient (Wildman–Crippen LogP) is 3.29. The monoisotopic (exact) mass is 269 g/mol.